The van der Waals surface area contributed by atoms with Crippen molar-refractivity contribution >= 4 is 57.2 Å². The number of esters is 2. The highest BCUT2D eigenvalue weighted by molar-refractivity contribution is 6.31. The van der Waals surface area contributed by atoms with Crippen LogP contribution in [0.5, 0.6) is 0 Å². The molecule has 6 aromatic rings. The number of ether oxygens (including phenoxy) is 2. The van der Waals surface area contributed by atoms with Gasteiger partial charge in [-0.05, 0) is 112 Å². The standard InChI is InChI=1S/2C21H21ClFN5O2/c2*1-30-21(29)17-11-4-2-10(3-5-11)13(17)7-16-15(23)9-25-20(26-16)18-14-6-12(22)8-24-19(14)28-27-18/h2*6,8-11,13,17H,2-5,7H2,1H3,(H,24,27,28)/t2*10?,11?,13-,17-/m10/s1. The molecule has 6 aliphatic carbocycles. The molecule has 12 rings (SSSR count). The lowest BCUT2D eigenvalue weighted by atomic mass is 9.57. The van der Waals surface area contributed by atoms with Crippen LogP contribution in [0.3, 0.4) is 0 Å². The van der Waals surface area contributed by atoms with Gasteiger partial charge in [-0.15, -0.1) is 0 Å². The zero-order valence-electron chi connectivity index (χ0n) is 32.9. The Morgan fingerprint density at radius 1 is 0.617 bits per heavy atom. The largest absolute Gasteiger partial charge is 0.469 e. The van der Waals surface area contributed by atoms with Gasteiger partial charge < -0.3 is 9.47 Å². The van der Waals surface area contributed by atoms with E-state index in [0.29, 0.717) is 103 Å². The molecule has 0 aliphatic heterocycles. The van der Waals surface area contributed by atoms with Crippen molar-refractivity contribution < 1.29 is 27.8 Å². The van der Waals surface area contributed by atoms with Gasteiger partial charge in [0.05, 0.1) is 70.7 Å². The Hall–Kier alpha value is -5.22. The molecule has 0 saturated heterocycles. The van der Waals surface area contributed by atoms with E-state index in [-0.39, 0.29) is 35.6 Å². The number of hydrogen-bond acceptors (Lipinski definition) is 12. The number of aromatic amines is 2. The Morgan fingerprint density at radius 2 is 1.00 bits per heavy atom. The van der Waals surface area contributed by atoms with E-state index in [2.05, 4.69) is 50.3 Å². The molecule has 4 atom stereocenters. The number of hydrogen-bond donors (Lipinski definition) is 2. The van der Waals surface area contributed by atoms with Crippen molar-refractivity contribution in [1.29, 1.82) is 0 Å². The first-order valence-corrected chi connectivity index (χ1v) is 21.0. The van der Waals surface area contributed by atoms with Crippen LogP contribution in [0.25, 0.3) is 45.1 Å². The van der Waals surface area contributed by atoms with Crippen LogP contribution in [0.2, 0.25) is 10.0 Å². The summed E-state index contributed by atoms with van der Waals surface area (Å²) in [6.07, 6.45) is 14.5. The number of carbonyl (C=O) groups excluding carboxylic acids is 2. The second kappa shape index (κ2) is 16.7. The Balaban J connectivity index is 0.000000154. The fourth-order valence-corrected chi connectivity index (χ4v) is 10.9. The third-order valence-electron chi connectivity index (χ3n) is 13.4. The van der Waals surface area contributed by atoms with E-state index >= 15 is 0 Å². The molecule has 2 N–H and O–H groups in total. The highest BCUT2D eigenvalue weighted by Gasteiger charge is 2.49. The SMILES string of the molecule is COC(=O)[C@@H]1C2CCC(CC2)[C@H]1Cc1nc(-c2[nH]nc3ncc(Cl)cc23)ncc1F.COC(=O)[C@H]1C2CCC(CC2)[C@@H]1Cc1nc(-c2[nH]nc3ncc(Cl)cc23)ncc1F. The number of nitrogens with one attached hydrogen (secondary N) is 2. The van der Waals surface area contributed by atoms with Crippen molar-refractivity contribution in [3.63, 3.8) is 0 Å². The molecule has 0 unspecified atom stereocenters. The summed E-state index contributed by atoms with van der Waals surface area (Å²) in [5, 5.41) is 16.3. The molecule has 14 nitrogen and oxygen atoms in total. The third kappa shape index (κ3) is 7.56. The summed E-state index contributed by atoms with van der Waals surface area (Å²) >= 11 is 12.1. The monoisotopic (exact) mass is 858 g/mol. The summed E-state index contributed by atoms with van der Waals surface area (Å²) in [5.41, 5.74) is 2.67. The number of halogens is 4. The van der Waals surface area contributed by atoms with Gasteiger partial charge >= 0.3 is 11.9 Å². The number of rotatable bonds is 8. The highest BCUT2D eigenvalue weighted by atomic mass is 35.5. The van der Waals surface area contributed by atoms with E-state index in [9.17, 15) is 18.4 Å². The Labute approximate surface area is 353 Å². The van der Waals surface area contributed by atoms with Crippen molar-refractivity contribution in [3.05, 3.63) is 70.0 Å². The van der Waals surface area contributed by atoms with E-state index in [4.69, 9.17) is 32.7 Å². The molecule has 6 aromatic heterocycles. The van der Waals surface area contributed by atoms with Crippen molar-refractivity contribution in [3.8, 4) is 23.0 Å². The number of fused-ring (bicyclic) bond motifs is 8. The first-order chi connectivity index (χ1) is 29.1. The van der Waals surface area contributed by atoms with Gasteiger partial charge in [-0.1, -0.05) is 23.2 Å². The fourth-order valence-electron chi connectivity index (χ4n) is 10.6. The van der Waals surface area contributed by atoms with Gasteiger partial charge in [0.1, 0.15) is 11.4 Å². The van der Waals surface area contributed by atoms with Crippen molar-refractivity contribution in [1.82, 2.24) is 50.3 Å². The molecule has 4 bridgehead atoms. The molecule has 6 fully saturated rings. The summed E-state index contributed by atoms with van der Waals surface area (Å²) in [6.45, 7) is 0. The Morgan fingerprint density at radius 3 is 1.38 bits per heavy atom. The van der Waals surface area contributed by atoms with Gasteiger partial charge in [-0.3, -0.25) is 19.8 Å². The van der Waals surface area contributed by atoms with Gasteiger partial charge in [-0.2, -0.15) is 10.2 Å². The van der Waals surface area contributed by atoms with Crippen LogP contribution in [0, 0.1) is 59.0 Å². The van der Waals surface area contributed by atoms with Gasteiger partial charge in [0.2, 0.25) is 0 Å². The van der Waals surface area contributed by atoms with Crippen LogP contribution < -0.4 is 0 Å². The molecule has 312 valence electrons. The van der Waals surface area contributed by atoms with E-state index in [0.717, 1.165) is 51.4 Å². The molecule has 0 amide bonds. The number of methoxy groups -OCH3 is 2. The lowest BCUT2D eigenvalue weighted by Gasteiger charge is -2.47. The molecule has 0 radical (unpaired) electrons. The second-order valence-corrected chi connectivity index (χ2v) is 17.3. The minimum atomic E-state index is -0.469. The molecular formula is C42H42Cl2F2N10O4. The summed E-state index contributed by atoms with van der Waals surface area (Å²) in [4.78, 5) is 50.7. The average Bonchev–Trinajstić information content (AvgIpc) is 3.89. The minimum Gasteiger partial charge on any atom is -0.469 e. The van der Waals surface area contributed by atoms with Crippen LogP contribution in [0.15, 0.2) is 36.9 Å². The average molecular weight is 860 g/mol. The van der Waals surface area contributed by atoms with Crippen molar-refractivity contribution in [2.24, 2.45) is 47.3 Å². The number of H-pyrrole nitrogens is 2. The first kappa shape index (κ1) is 40.2. The molecule has 0 spiro atoms. The van der Waals surface area contributed by atoms with Gasteiger partial charge in [0.25, 0.3) is 0 Å². The zero-order valence-corrected chi connectivity index (χ0v) is 34.4. The minimum absolute atomic E-state index is 0.0248. The molecule has 6 heterocycles. The molecule has 6 aliphatic rings. The fraction of sp³-hybridized carbons (Fsp3) is 0.476. The maximum atomic E-state index is 14.7. The zero-order chi connectivity index (χ0) is 41.7. The quantitative estimate of drug-likeness (QED) is 0.141. The Kier molecular flexibility index (Phi) is 11.2. The molecule has 0 aromatic carbocycles. The summed E-state index contributed by atoms with van der Waals surface area (Å²) in [5.74, 6) is 0.369. The van der Waals surface area contributed by atoms with Crippen LogP contribution in [0.4, 0.5) is 8.78 Å². The summed E-state index contributed by atoms with van der Waals surface area (Å²) < 4.78 is 39.6. The topological polar surface area (TPSA) is 187 Å². The smallest absolute Gasteiger partial charge is 0.309 e. The lowest BCUT2D eigenvalue weighted by Crippen LogP contribution is -2.45. The van der Waals surface area contributed by atoms with Crippen LogP contribution >= 0.6 is 23.2 Å². The van der Waals surface area contributed by atoms with Crippen molar-refractivity contribution in [2.75, 3.05) is 14.2 Å². The van der Waals surface area contributed by atoms with E-state index in [1.165, 1.54) is 39.0 Å². The van der Waals surface area contributed by atoms with E-state index < -0.39 is 11.6 Å². The second-order valence-electron chi connectivity index (χ2n) is 16.4. The highest BCUT2D eigenvalue weighted by Crippen LogP contribution is 2.52. The number of carbonyl (C=O) groups is 2. The normalized spacial score (nSPS) is 25.6. The lowest BCUT2D eigenvalue weighted by molar-refractivity contribution is -0.156. The van der Waals surface area contributed by atoms with Gasteiger partial charge in [-0.25, -0.2) is 38.7 Å². The summed E-state index contributed by atoms with van der Waals surface area (Å²) in [7, 11) is 2.85. The molecule has 60 heavy (non-hydrogen) atoms. The molecular weight excluding hydrogens is 817 g/mol. The van der Waals surface area contributed by atoms with Crippen molar-refractivity contribution in [2.45, 2.75) is 64.2 Å². The summed E-state index contributed by atoms with van der Waals surface area (Å²) in [6, 6.07) is 3.45. The molecule has 6 saturated carbocycles. The number of aromatic nitrogens is 10. The van der Waals surface area contributed by atoms with Crippen LogP contribution in [0.1, 0.15) is 62.8 Å². The van der Waals surface area contributed by atoms with E-state index in [1.54, 1.807) is 12.1 Å². The third-order valence-corrected chi connectivity index (χ3v) is 13.8. The predicted molar refractivity (Wildman–Crippen MR) is 216 cm³/mol. The van der Waals surface area contributed by atoms with Crippen LogP contribution in [-0.2, 0) is 31.9 Å². The molecule has 18 heteroatoms. The predicted octanol–water partition coefficient (Wildman–Crippen LogP) is 7.95. The van der Waals surface area contributed by atoms with Gasteiger partial charge in [0, 0.05) is 12.4 Å². The van der Waals surface area contributed by atoms with Gasteiger partial charge in [0.15, 0.2) is 34.6 Å². The maximum absolute atomic E-state index is 14.7. The number of nitrogens with zero attached hydrogens (tertiary/aromatic N) is 8. The van der Waals surface area contributed by atoms with E-state index in [1.807, 2.05) is 0 Å². The number of pyridine rings is 2. The van der Waals surface area contributed by atoms with Crippen LogP contribution in [-0.4, -0.2) is 76.5 Å². The maximum Gasteiger partial charge on any atom is 0.309 e. The Bertz CT molecular complexity index is 2400. The first-order valence-electron chi connectivity index (χ1n) is 20.3.